The molecule has 4 aromatic rings. The number of fused-ring (bicyclic) bond motifs is 1. The lowest BCUT2D eigenvalue weighted by molar-refractivity contribution is 0.0910. The SMILES string of the molecule is CNCC(=O)n1c(=O)n(C(C)=O)c2ccc(Cn3ccc(OCc4ccc(F)cc4F)c(Cl)c3=O)cc21. The predicted molar refractivity (Wildman–Crippen MR) is 133 cm³/mol. The van der Waals surface area contributed by atoms with Crippen molar-refractivity contribution in [1.82, 2.24) is 19.0 Å². The third-order valence-electron chi connectivity index (χ3n) is 5.62. The molecule has 0 fully saturated rings. The molecule has 0 radical (unpaired) electrons. The number of pyridine rings is 1. The minimum atomic E-state index is -0.787. The van der Waals surface area contributed by atoms with Gasteiger partial charge in [0, 0.05) is 24.8 Å². The third kappa shape index (κ3) is 5.09. The fraction of sp³-hybridized carbons (Fsp3) is 0.200. The van der Waals surface area contributed by atoms with Gasteiger partial charge in [-0.25, -0.2) is 22.7 Å². The Morgan fingerprint density at radius 3 is 2.46 bits per heavy atom. The number of ether oxygens (including phenoxy) is 1. The van der Waals surface area contributed by atoms with Crippen molar-refractivity contribution in [2.45, 2.75) is 20.1 Å². The van der Waals surface area contributed by atoms with Gasteiger partial charge < -0.3 is 14.6 Å². The Morgan fingerprint density at radius 1 is 1.03 bits per heavy atom. The first kappa shape index (κ1) is 26.0. The number of halogens is 3. The molecule has 2 heterocycles. The molecule has 0 aliphatic rings. The molecule has 0 saturated carbocycles. The zero-order chi connectivity index (χ0) is 26.9. The number of likely N-dealkylation sites (N-methyl/N-ethyl adjacent to an activating group) is 1. The summed E-state index contributed by atoms with van der Waals surface area (Å²) in [6, 6.07) is 9.18. The Kier molecular flexibility index (Phi) is 7.37. The fourth-order valence-corrected chi connectivity index (χ4v) is 4.10. The van der Waals surface area contributed by atoms with E-state index < -0.39 is 34.7 Å². The number of hydrogen-bond acceptors (Lipinski definition) is 6. The highest BCUT2D eigenvalue weighted by Crippen LogP contribution is 2.23. The van der Waals surface area contributed by atoms with E-state index in [4.69, 9.17) is 16.3 Å². The third-order valence-corrected chi connectivity index (χ3v) is 5.97. The Balaban J connectivity index is 1.64. The van der Waals surface area contributed by atoms with Gasteiger partial charge in [-0.15, -0.1) is 0 Å². The van der Waals surface area contributed by atoms with Crippen LogP contribution in [0.3, 0.4) is 0 Å². The van der Waals surface area contributed by atoms with Gasteiger partial charge in [0.2, 0.25) is 11.8 Å². The average Bonchev–Trinajstić information content (AvgIpc) is 3.14. The van der Waals surface area contributed by atoms with Gasteiger partial charge in [0.1, 0.15) is 29.0 Å². The lowest BCUT2D eigenvalue weighted by atomic mass is 10.2. The maximum atomic E-state index is 13.9. The van der Waals surface area contributed by atoms with Crippen molar-refractivity contribution in [3.63, 3.8) is 0 Å². The minimum absolute atomic E-state index is 0.0205. The van der Waals surface area contributed by atoms with Crippen LogP contribution in [0.1, 0.15) is 27.6 Å². The molecule has 0 spiro atoms. The standard InChI is InChI=1S/C25H21ClF2N4O5/c1-14(33)31-19-6-3-15(9-20(19)32(25(31)36)22(34)11-29-2)12-30-8-7-21(23(26)24(30)35)37-13-16-4-5-17(27)10-18(16)28/h3-10,29H,11-13H2,1-2H3. The molecule has 2 aromatic heterocycles. The second kappa shape index (κ2) is 10.5. The first-order chi connectivity index (χ1) is 17.6. The van der Waals surface area contributed by atoms with Crippen LogP contribution in [0, 0.1) is 11.6 Å². The molecule has 0 aliphatic heterocycles. The lowest BCUT2D eigenvalue weighted by Gasteiger charge is -2.12. The van der Waals surface area contributed by atoms with Crippen LogP contribution in [0.4, 0.5) is 8.78 Å². The molecule has 4 rings (SSSR count). The van der Waals surface area contributed by atoms with Crippen LogP contribution in [0.5, 0.6) is 5.75 Å². The molecule has 0 aliphatic carbocycles. The zero-order valence-electron chi connectivity index (χ0n) is 19.8. The summed E-state index contributed by atoms with van der Waals surface area (Å²) in [5.41, 5.74) is -0.250. The second-order valence-electron chi connectivity index (χ2n) is 8.17. The van der Waals surface area contributed by atoms with E-state index in [1.807, 2.05) is 0 Å². The lowest BCUT2D eigenvalue weighted by Crippen LogP contribution is -2.35. The molecule has 0 atom stereocenters. The van der Waals surface area contributed by atoms with Crippen LogP contribution in [-0.2, 0) is 13.2 Å². The molecule has 1 N–H and O–H groups in total. The van der Waals surface area contributed by atoms with Crippen molar-refractivity contribution < 1.29 is 23.1 Å². The van der Waals surface area contributed by atoms with E-state index in [9.17, 15) is 28.0 Å². The highest BCUT2D eigenvalue weighted by molar-refractivity contribution is 6.31. The normalized spacial score (nSPS) is 11.2. The van der Waals surface area contributed by atoms with Crippen LogP contribution in [-0.4, -0.2) is 39.1 Å². The largest absolute Gasteiger partial charge is 0.487 e. The van der Waals surface area contributed by atoms with Crippen molar-refractivity contribution in [3.05, 3.63) is 97.3 Å². The summed E-state index contributed by atoms with van der Waals surface area (Å²) in [4.78, 5) is 50.3. The van der Waals surface area contributed by atoms with Gasteiger partial charge in [-0.3, -0.25) is 14.4 Å². The number of carbonyl (C=O) groups is 2. The van der Waals surface area contributed by atoms with Gasteiger partial charge >= 0.3 is 5.69 Å². The van der Waals surface area contributed by atoms with Crippen molar-refractivity contribution >= 4 is 34.4 Å². The quantitative estimate of drug-likeness (QED) is 0.394. The summed E-state index contributed by atoms with van der Waals surface area (Å²) in [7, 11) is 1.55. The molecule has 0 bridgehead atoms. The van der Waals surface area contributed by atoms with E-state index in [1.165, 1.54) is 35.9 Å². The fourth-order valence-electron chi connectivity index (χ4n) is 3.87. The number of nitrogens with one attached hydrogen (secondary N) is 1. The monoisotopic (exact) mass is 530 g/mol. The first-order valence-corrected chi connectivity index (χ1v) is 11.4. The molecular formula is C25H21ClF2N4O5. The second-order valence-corrected chi connectivity index (χ2v) is 8.55. The smallest absolute Gasteiger partial charge is 0.342 e. The summed E-state index contributed by atoms with van der Waals surface area (Å²) in [6.45, 7) is 0.856. The maximum absolute atomic E-state index is 13.9. The number of carbonyl (C=O) groups excluding carboxylic acids is 2. The highest BCUT2D eigenvalue weighted by atomic mass is 35.5. The number of rotatable bonds is 7. The molecule has 192 valence electrons. The summed E-state index contributed by atoms with van der Waals surface area (Å²) in [5.74, 6) is -2.58. The van der Waals surface area contributed by atoms with E-state index in [2.05, 4.69) is 5.32 Å². The predicted octanol–water partition coefficient (Wildman–Crippen LogP) is 3.04. The number of hydrogen-bond donors (Lipinski definition) is 1. The number of aromatic nitrogens is 3. The Hall–Kier alpha value is -4.09. The molecule has 12 heteroatoms. The highest BCUT2D eigenvalue weighted by Gasteiger charge is 2.21. The van der Waals surface area contributed by atoms with Crippen LogP contribution < -0.4 is 21.3 Å². The van der Waals surface area contributed by atoms with E-state index in [-0.39, 0.29) is 47.1 Å². The molecule has 0 amide bonds. The summed E-state index contributed by atoms with van der Waals surface area (Å²) in [6.07, 6.45) is 1.43. The van der Waals surface area contributed by atoms with Gasteiger partial charge in [0.05, 0.1) is 24.1 Å². The average molecular weight is 531 g/mol. The van der Waals surface area contributed by atoms with Gasteiger partial charge in [-0.1, -0.05) is 17.7 Å². The molecule has 2 aromatic carbocycles. The van der Waals surface area contributed by atoms with Crippen molar-refractivity contribution in [2.75, 3.05) is 13.6 Å². The summed E-state index contributed by atoms with van der Waals surface area (Å²) < 4.78 is 35.5. The molecule has 0 unspecified atom stereocenters. The van der Waals surface area contributed by atoms with Crippen molar-refractivity contribution in [3.8, 4) is 5.75 Å². The Morgan fingerprint density at radius 2 is 1.78 bits per heavy atom. The van der Waals surface area contributed by atoms with E-state index in [1.54, 1.807) is 19.2 Å². The number of nitrogens with zero attached hydrogens (tertiary/aromatic N) is 3. The number of benzene rings is 2. The molecule has 9 nitrogen and oxygen atoms in total. The molecular weight excluding hydrogens is 510 g/mol. The first-order valence-electron chi connectivity index (χ1n) is 11.0. The van der Waals surface area contributed by atoms with Crippen LogP contribution in [0.25, 0.3) is 11.0 Å². The van der Waals surface area contributed by atoms with Crippen molar-refractivity contribution in [1.29, 1.82) is 0 Å². The molecule has 37 heavy (non-hydrogen) atoms. The summed E-state index contributed by atoms with van der Waals surface area (Å²) >= 11 is 6.20. The van der Waals surface area contributed by atoms with Crippen LogP contribution >= 0.6 is 11.6 Å². The zero-order valence-corrected chi connectivity index (χ0v) is 20.5. The van der Waals surface area contributed by atoms with Gasteiger partial charge in [0.15, 0.2) is 0 Å². The maximum Gasteiger partial charge on any atom is 0.342 e. The Bertz CT molecular complexity index is 1660. The van der Waals surface area contributed by atoms with E-state index in [0.29, 0.717) is 5.56 Å². The van der Waals surface area contributed by atoms with Gasteiger partial charge in [0.25, 0.3) is 5.56 Å². The topological polar surface area (TPSA) is 104 Å². The Labute approximate surface area is 213 Å². The van der Waals surface area contributed by atoms with Crippen LogP contribution in [0.15, 0.2) is 58.3 Å². The molecule has 0 saturated heterocycles. The minimum Gasteiger partial charge on any atom is -0.487 e. The number of imidazole rings is 1. The van der Waals surface area contributed by atoms with Gasteiger partial charge in [-0.2, -0.15) is 0 Å². The van der Waals surface area contributed by atoms with E-state index in [0.717, 1.165) is 21.3 Å². The van der Waals surface area contributed by atoms with Crippen molar-refractivity contribution in [2.24, 2.45) is 0 Å². The summed E-state index contributed by atoms with van der Waals surface area (Å²) in [5, 5.41) is 2.44. The van der Waals surface area contributed by atoms with Gasteiger partial charge in [-0.05, 0) is 42.9 Å². The van der Waals surface area contributed by atoms with E-state index >= 15 is 0 Å². The van der Waals surface area contributed by atoms with Crippen LogP contribution in [0.2, 0.25) is 5.02 Å².